The Labute approximate surface area is 83.4 Å². The van der Waals surface area contributed by atoms with Crippen LogP contribution in [0, 0.1) is 18.3 Å². The summed E-state index contributed by atoms with van der Waals surface area (Å²) in [6, 6.07) is 7.62. The highest BCUT2D eigenvalue weighted by Crippen LogP contribution is 2.13. The molecule has 1 N–H and O–H groups in total. The number of nitrogens with one attached hydrogen (secondary N) is 1. The molecule has 0 saturated carbocycles. The first-order valence-corrected chi connectivity index (χ1v) is 4.58. The second-order valence-electron chi connectivity index (χ2n) is 3.17. The fourth-order valence-corrected chi connectivity index (χ4v) is 1.25. The van der Waals surface area contributed by atoms with Crippen molar-refractivity contribution in [3.63, 3.8) is 0 Å². The lowest BCUT2D eigenvalue weighted by Crippen LogP contribution is -2.02. The summed E-state index contributed by atoms with van der Waals surface area (Å²) in [7, 11) is 0. The first-order chi connectivity index (χ1) is 6.76. The van der Waals surface area contributed by atoms with Gasteiger partial charge >= 0.3 is 0 Å². The van der Waals surface area contributed by atoms with E-state index in [1.807, 2.05) is 19.1 Å². The van der Waals surface area contributed by atoms with Gasteiger partial charge in [-0.3, -0.25) is 4.39 Å². The van der Waals surface area contributed by atoms with E-state index in [1.165, 1.54) is 0 Å². The van der Waals surface area contributed by atoms with E-state index in [4.69, 9.17) is 5.26 Å². The third-order valence-corrected chi connectivity index (χ3v) is 1.85. The summed E-state index contributed by atoms with van der Waals surface area (Å²) >= 11 is 0. The Balaban J connectivity index is 2.68. The first-order valence-electron chi connectivity index (χ1n) is 4.58. The molecule has 0 unspecified atom stereocenters. The Morgan fingerprint density at radius 2 is 2.21 bits per heavy atom. The number of halogens is 1. The minimum atomic E-state index is -0.316. The zero-order valence-corrected chi connectivity index (χ0v) is 8.18. The standard InChI is InChI=1S/C11H13FN2/c1-9-5-10(8-13)7-11(6-9)14-4-2-3-12/h5-7,14H,2-4H2,1H3. The van der Waals surface area contributed by atoms with Crippen LogP contribution in [0.2, 0.25) is 0 Å². The molecule has 2 nitrogen and oxygen atoms in total. The number of anilines is 1. The molecule has 0 aromatic heterocycles. The van der Waals surface area contributed by atoms with Crippen molar-refractivity contribution >= 4 is 5.69 Å². The Morgan fingerprint density at radius 3 is 2.86 bits per heavy atom. The molecule has 0 atom stereocenters. The van der Waals surface area contributed by atoms with Crippen molar-refractivity contribution in [2.45, 2.75) is 13.3 Å². The molecule has 1 rings (SSSR count). The Morgan fingerprint density at radius 1 is 1.43 bits per heavy atom. The van der Waals surface area contributed by atoms with E-state index < -0.39 is 0 Å². The van der Waals surface area contributed by atoms with Crippen LogP contribution in [0.15, 0.2) is 18.2 Å². The largest absolute Gasteiger partial charge is 0.385 e. The van der Waals surface area contributed by atoms with Gasteiger partial charge in [0, 0.05) is 12.2 Å². The predicted octanol–water partition coefficient (Wildman–Crippen LogP) is 2.64. The average Bonchev–Trinajstić information content (AvgIpc) is 2.17. The molecular formula is C11H13FN2. The molecule has 0 saturated heterocycles. The molecule has 0 radical (unpaired) electrons. The van der Waals surface area contributed by atoms with Gasteiger partial charge < -0.3 is 5.32 Å². The summed E-state index contributed by atoms with van der Waals surface area (Å²) in [5.41, 5.74) is 2.55. The average molecular weight is 192 g/mol. The number of hydrogen-bond acceptors (Lipinski definition) is 2. The molecular weight excluding hydrogens is 179 g/mol. The van der Waals surface area contributed by atoms with Crippen LogP contribution in [-0.4, -0.2) is 13.2 Å². The number of benzene rings is 1. The number of nitriles is 1. The van der Waals surface area contributed by atoms with Gasteiger partial charge in [-0.15, -0.1) is 0 Å². The molecule has 0 aliphatic carbocycles. The van der Waals surface area contributed by atoms with Crippen molar-refractivity contribution in [3.05, 3.63) is 29.3 Å². The molecule has 0 amide bonds. The van der Waals surface area contributed by atoms with Crippen LogP contribution < -0.4 is 5.32 Å². The van der Waals surface area contributed by atoms with Gasteiger partial charge in [0.1, 0.15) is 0 Å². The summed E-state index contributed by atoms with van der Waals surface area (Å²) in [6.07, 6.45) is 0.496. The maximum absolute atomic E-state index is 11.8. The summed E-state index contributed by atoms with van der Waals surface area (Å²) < 4.78 is 11.8. The zero-order valence-electron chi connectivity index (χ0n) is 8.18. The van der Waals surface area contributed by atoms with Crippen molar-refractivity contribution < 1.29 is 4.39 Å². The van der Waals surface area contributed by atoms with Crippen LogP contribution in [0.5, 0.6) is 0 Å². The first kappa shape index (κ1) is 10.5. The number of rotatable bonds is 4. The number of nitrogens with zero attached hydrogens (tertiary/aromatic N) is 1. The smallest absolute Gasteiger partial charge is 0.0992 e. The number of aryl methyl sites for hydroxylation is 1. The van der Waals surface area contributed by atoms with Crippen molar-refractivity contribution in [2.24, 2.45) is 0 Å². The highest BCUT2D eigenvalue weighted by molar-refractivity contribution is 5.51. The Bertz CT molecular complexity index is 342. The van der Waals surface area contributed by atoms with Crippen LogP contribution in [0.1, 0.15) is 17.5 Å². The van der Waals surface area contributed by atoms with Crippen molar-refractivity contribution in [1.29, 1.82) is 5.26 Å². The van der Waals surface area contributed by atoms with E-state index in [0.717, 1.165) is 11.3 Å². The SMILES string of the molecule is Cc1cc(C#N)cc(NCCCF)c1. The molecule has 0 aliphatic rings. The lowest BCUT2D eigenvalue weighted by molar-refractivity contribution is 0.481. The predicted molar refractivity (Wildman–Crippen MR) is 55.0 cm³/mol. The molecule has 14 heavy (non-hydrogen) atoms. The fraction of sp³-hybridized carbons (Fsp3) is 0.364. The lowest BCUT2D eigenvalue weighted by Gasteiger charge is -2.06. The van der Waals surface area contributed by atoms with Crippen LogP contribution in [0.3, 0.4) is 0 Å². The van der Waals surface area contributed by atoms with E-state index in [9.17, 15) is 4.39 Å². The van der Waals surface area contributed by atoms with Gasteiger partial charge in [0.2, 0.25) is 0 Å². The van der Waals surface area contributed by atoms with Gasteiger partial charge in [-0.05, 0) is 37.1 Å². The Hall–Kier alpha value is -1.56. The molecule has 3 heteroatoms. The lowest BCUT2D eigenvalue weighted by atomic mass is 10.1. The highest BCUT2D eigenvalue weighted by Gasteiger charge is 1.97. The molecule has 0 spiro atoms. The molecule has 0 aliphatic heterocycles. The van der Waals surface area contributed by atoms with E-state index >= 15 is 0 Å². The second kappa shape index (κ2) is 5.23. The maximum atomic E-state index is 11.8. The normalized spacial score (nSPS) is 9.50. The van der Waals surface area contributed by atoms with Crippen LogP contribution in [0.25, 0.3) is 0 Å². The summed E-state index contributed by atoms with van der Waals surface area (Å²) in [6.45, 7) is 2.22. The molecule has 0 bridgehead atoms. The third-order valence-electron chi connectivity index (χ3n) is 1.85. The van der Waals surface area contributed by atoms with Gasteiger partial charge in [0.15, 0.2) is 0 Å². The fourth-order valence-electron chi connectivity index (χ4n) is 1.25. The minimum absolute atomic E-state index is 0.316. The van der Waals surface area contributed by atoms with E-state index in [2.05, 4.69) is 11.4 Å². The van der Waals surface area contributed by atoms with Crippen LogP contribution in [-0.2, 0) is 0 Å². The van der Waals surface area contributed by atoms with Gasteiger partial charge in [0.05, 0.1) is 18.3 Å². The molecule has 74 valence electrons. The summed E-state index contributed by atoms with van der Waals surface area (Å²) in [5.74, 6) is 0. The Kier molecular flexibility index (Phi) is 3.93. The minimum Gasteiger partial charge on any atom is -0.385 e. The van der Waals surface area contributed by atoms with Gasteiger partial charge in [0.25, 0.3) is 0 Å². The van der Waals surface area contributed by atoms with Crippen LogP contribution in [0.4, 0.5) is 10.1 Å². The number of alkyl halides is 1. The molecule has 0 fully saturated rings. The van der Waals surface area contributed by atoms with Gasteiger partial charge in [-0.1, -0.05) is 0 Å². The van der Waals surface area contributed by atoms with Crippen LogP contribution >= 0.6 is 0 Å². The van der Waals surface area contributed by atoms with E-state index in [1.54, 1.807) is 6.07 Å². The van der Waals surface area contributed by atoms with Gasteiger partial charge in [-0.2, -0.15) is 5.26 Å². The third kappa shape index (κ3) is 3.06. The van der Waals surface area contributed by atoms with Crippen molar-refractivity contribution in [1.82, 2.24) is 0 Å². The molecule has 0 heterocycles. The van der Waals surface area contributed by atoms with Crippen molar-refractivity contribution in [3.8, 4) is 6.07 Å². The van der Waals surface area contributed by atoms with Crippen molar-refractivity contribution in [2.75, 3.05) is 18.5 Å². The zero-order chi connectivity index (χ0) is 10.4. The summed E-state index contributed by atoms with van der Waals surface area (Å²) in [5, 5.41) is 11.8. The van der Waals surface area contributed by atoms with E-state index in [0.29, 0.717) is 18.5 Å². The molecule has 1 aromatic carbocycles. The topological polar surface area (TPSA) is 35.8 Å². The number of hydrogen-bond donors (Lipinski definition) is 1. The summed E-state index contributed by atoms with van der Waals surface area (Å²) in [4.78, 5) is 0. The maximum Gasteiger partial charge on any atom is 0.0992 e. The highest BCUT2D eigenvalue weighted by atomic mass is 19.1. The monoisotopic (exact) mass is 192 g/mol. The van der Waals surface area contributed by atoms with E-state index in [-0.39, 0.29) is 6.67 Å². The molecule has 1 aromatic rings. The quantitative estimate of drug-likeness (QED) is 0.744. The van der Waals surface area contributed by atoms with Gasteiger partial charge in [-0.25, -0.2) is 0 Å². The second-order valence-corrected chi connectivity index (χ2v) is 3.17.